The Morgan fingerprint density at radius 3 is 2.19 bits per heavy atom. The first-order chi connectivity index (χ1) is 9.60. The molecule has 2 nitrogen and oxygen atoms in total. The van der Waals surface area contributed by atoms with Crippen LogP contribution in [-0.2, 0) is 13.2 Å². The largest absolute Gasteiger partial charge is 0.488 e. The minimum Gasteiger partial charge on any atom is -0.488 e. The first kappa shape index (κ1) is 17.5. The Morgan fingerprint density at radius 2 is 1.62 bits per heavy atom. The van der Waals surface area contributed by atoms with Crippen molar-refractivity contribution in [3.8, 4) is 5.75 Å². The molecule has 0 aliphatic rings. The molecule has 0 unspecified atom stereocenters. The molecule has 21 heavy (non-hydrogen) atoms. The molecule has 0 aliphatic heterocycles. The van der Waals surface area contributed by atoms with E-state index < -0.39 is 0 Å². The van der Waals surface area contributed by atoms with Gasteiger partial charge in [-0.1, -0.05) is 42.0 Å². The van der Waals surface area contributed by atoms with Crippen LogP contribution in [0.4, 0.5) is 0 Å². The summed E-state index contributed by atoms with van der Waals surface area (Å²) in [6.45, 7) is 7.83. The number of aryl methyl sites for hydroxylation is 3. The second kappa shape index (κ2) is 8.06. The van der Waals surface area contributed by atoms with E-state index in [-0.39, 0.29) is 12.4 Å². The topological polar surface area (TPSA) is 21.3 Å². The smallest absolute Gasteiger partial charge is 0.125 e. The van der Waals surface area contributed by atoms with Gasteiger partial charge in [0.05, 0.1) is 0 Å². The summed E-state index contributed by atoms with van der Waals surface area (Å²) in [5, 5.41) is 3.18. The van der Waals surface area contributed by atoms with Crippen LogP contribution in [0.2, 0.25) is 0 Å². The van der Waals surface area contributed by atoms with E-state index in [2.05, 4.69) is 62.5 Å². The quantitative estimate of drug-likeness (QED) is 0.887. The number of halogens is 1. The van der Waals surface area contributed by atoms with Crippen molar-refractivity contribution in [2.75, 3.05) is 7.05 Å². The van der Waals surface area contributed by atoms with Crippen LogP contribution in [0, 0.1) is 20.8 Å². The highest BCUT2D eigenvalue weighted by molar-refractivity contribution is 5.85. The van der Waals surface area contributed by atoms with Crippen molar-refractivity contribution in [1.29, 1.82) is 0 Å². The molecular formula is C18H24ClNO. The molecule has 0 spiro atoms. The predicted molar refractivity (Wildman–Crippen MR) is 91.4 cm³/mol. The molecule has 0 aromatic heterocycles. The molecule has 0 heterocycles. The lowest BCUT2D eigenvalue weighted by Crippen LogP contribution is -2.06. The Hall–Kier alpha value is -1.51. The van der Waals surface area contributed by atoms with Crippen LogP contribution < -0.4 is 10.1 Å². The normalized spacial score (nSPS) is 10.1. The van der Waals surface area contributed by atoms with Gasteiger partial charge in [0, 0.05) is 6.54 Å². The second-order valence-electron chi connectivity index (χ2n) is 5.37. The predicted octanol–water partition coefficient (Wildman–Crippen LogP) is 4.33. The fourth-order valence-electron chi connectivity index (χ4n) is 2.53. The Kier molecular flexibility index (Phi) is 6.73. The molecule has 0 atom stereocenters. The van der Waals surface area contributed by atoms with Crippen LogP contribution in [0.15, 0.2) is 36.4 Å². The highest BCUT2D eigenvalue weighted by Crippen LogP contribution is 2.25. The van der Waals surface area contributed by atoms with E-state index in [0.29, 0.717) is 6.61 Å². The molecule has 2 aromatic rings. The average molecular weight is 306 g/mol. The summed E-state index contributed by atoms with van der Waals surface area (Å²) in [4.78, 5) is 0. The minimum absolute atomic E-state index is 0. The summed E-state index contributed by atoms with van der Waals surface area (Å²) >= 11 is 0. The molecule has 0 radical (unpaired) electrons. The summed E-state index contributed by atoms with van der Waals surface area (Å²) < 4.78 is 6.02. The maximum absolute atomic E-state index is 6.02. The van der Waals surface area contributed by atoms with Gasteiger partial charge >= 0.3 is 0 Å². The van der Waals surface area contributed by atoms with Gasteiger partial charge in [0.2, 0.25) is 0 Å². The zero-order valence-electron chi connectivity index (χ0n) is 13.2. The molecule has 114 valence electrons. The molecule has 3 heteroatoms. The maximum atomic E-state index is 6.02. The fourth-order valence-corrected chi connectivity index (χ4v) is 2.53. The Morgan fingerprint density at radius 1 is 0.952 bits per heavy atom. The first-order valence-corrected chi connectivity index (χ1v) is 7.03. The fraction of sp³-hybridized carbons (Fsp3) is 0.333. The number of nitrogens with one attached hydrogen (secondary N) is 1. The molecule has 0 amide bonds. The lowest BCUT2D eigenvalue weighted by Gasteiger charge is -2.14. The molecule has 0 saturated carbocycles. The van der Waals surface area contributed by atoms with Crippen LogP contribution in [0.3, 0.4) is 0 Å². The number of ether oxygens (including phenoxy) is 1. The zero-order valence-corrected chi connectivity index (χ0v) is 14.0. The number of benzene rings is 2. The van der Waals surface area contributed by atoms with Crippen molar-refractivity contribution in [3.63, 3.8) is 0 Å². The number of hydrogen-bond acceptors (Lipinski definition) is 2. The van der Waals surface area contributed by atoms with Crippen molar-refractivity contribution >= 4 is 12.4 Å². The van der Waals surface area contributed by atoms with Gasteiger partial charge in [-0.05, 0) is 50.1 Å². The van der Waals surface area contributed by atoms with Gasteiger partial charge < -0.3 is 10.1 Å². The number of rotatable bonds is 5. The van der Waals surface area contributed by atoms with E-state index in [9.17, 15) is 0 Å². The Labute approximate surface area is 133 Å². The van der Waals surface area contributed by atoms with E-state index in [0.717, 1.165) is 12.3 Å². The molecule has 0 aliphatic carbocycles. The van der Waals surface area contributed by atoms with Gasteiger partial charge in [0.25, 0.3) is 0 Å². The average Bonchev–Trinajstić information content (AvgIpc) is 2.38. The van der Waals surface area contributed by atoms with Crippen molar-refractivity contribution in [1.82, 2.24) is 5.32 Å². The third-order valence-corrected chi connectivity index (χ3v) is 3.37. The monoisotopic (exact) mass is 305 g/mol. The van der Waals surface area contributed by atoms with E-state index in [1.54, 1.807) is 0 Å². The van der Waals surface area contributed by atoms with Crippen LogP contribution >= 0.6 is 12.4 Å². The van der Waals surface area contributed by atoms with Crippen molar-refractivity contribution in [2.24, 2.45) is 0 Å². The van der Waals surface area contributed by atoms with Gasteiger partial charge in [-0.15, -0.1) is 12.4 Å². The van der Waals surface area contributed by atoms with Gasteiger partial charge in [-0.2, -0.15) is 0 Å². The highest BCUT2D eigenvalue weighted by Gasteiger charge is 2.06. The van der Waals surface area contributed by atoms with Gasteiger partial charge in [-0.3, -0.25) is 0 Å². The van der Waals surface area contributed by atoms with Crippen molar-refractivity contribution in [2.45, 2.75) is 33.9 Å². The molecule has 2 aromatic carbocycles. The van der Waals surface area contributed by atoms with Crippen molar-refractivity contribution in [3.05, 3.63) is 64.2 Å². The number of hydrogen-bond donors (Lipinski definition) is 1. The third-order valence-electron chi connectivity index (χ3n) is 3.37. The SMILES string of the molecule is CNCc1cc(C)c(OCc2cccc(C)c2)c(C)c1.Cl. The van der Waals surface area contributed by atoms with Gasteiger partial charge in [0.15, 0.2) is 0 Å². The van der Waals surface area contributed by atoms with E-state index >= 15 is 0 Å². The van der Waals surface area contributed by atoms with Gasteiger partial charge in [-0.25, -0.2) is 0 Å². The van der Waals surface area contributed by atoms with E-state index in [1.807, 2.05) is 7.05 Å². The second-order valence-corrected chi connectivity index (χ2v) is 5.37. The molecule has 1 N–H and O–H groups in total. The standard InChI is InChI=1S/C18H23NO.ClH/c1-13-6-5-7-16(8-13)12-20-18-14(2)9-17(11-19-4)10-15(18)3;/h5-10,19H,11-12H2,1-4H3;1H. The lowest BCUT2D eigenvalue weighted by molar-refractivity contribution is 0.302. The minimum atomic E-state index is 0. The van der Waals surface area contributed by atoms with Crippen LogP contribution in [-0.4, -0.2) is 7.05 Å². The summed E-state index contributed by atoms with van der Waals surface area (Å²) in [6, 6.07) is 12.8. The van der Waals surface area contributed by atoms with Crippen molar-refractivity contribution < 1.29 is 4.74 Å². The Bertz CT molecular complexity index is 573. The summed E-state index contributed by atoms with van der Waals surface area (Å²) in [6.07, 6.45) is 0. The maximum Gasteiger partial charge on any atom is 0.125 e. The molecule has 0 bridgehead atoms. The third kappa shape index (κ3) is 4.76. The zero-order chi connectivity index (χ0) is 14.5. The summed E-state index contributed by atoms with van der Waals surface area (Å²) in [5.41, 5.74) is 6.17. The first-order valence-electron chi connectivity index (χ1n) is 7.03. The Balaban J connectivity index is 0.00000220. The lowest BCUT2D eigenvalue weighted by atomic mass is 10.1. The molecular weight excluding hydrogens is 282 g/mol. The highest BCUT2D eigenvalue weighted by atomic mass is 35.5. The van der Waals surface area contributed by atoms with Gasteiger partial charge in [0.1, 0.15) is 12.4 Å². The van der Waals surface area contributed by atoms with E-state index in [4.69, 9.17) is 4.74 Å². The van der Waals surface area contributed by atoms with Crippen LogP contribution in [0.25, 0.3) is 0 Å². The van der Waals surface area contributed by atoms with Crippen LogP contribution in [0.5, 0.6) is 5.75 Å². The summed E-state index contributed by atoms with van der Waals surface area (Å²) in [5.74, 6) is 1.01. The summed E-state index contributed by atoms with van der Waals surface area (Å²) in [7, 11) is 1.97. The molecule has 0 fully saturated rings. The van der Waals surface area contributed by atoms with Crippen LogP contribution in [0.1, 0.15) is 27.8 Å². The molecule has 2 rings (SSSR count). The molecule has 0 saturated heterocycles. The van der Waals surface area contributed by atoms with E-state index in [1.165, 1.54) is 27.8 Å².